The van der Waals surface area contributed by atoms with Gasteiger partial charge in [-0.3, -0.25) is 9.59 Å². The molecule has 23 heavy (non-hydrogen) atoms. The fourth-order valence-corrected chi connectivity index (χ4v) is 3.25. The van der Waals surface area contributed by atoms with Gasteiger partial charge in [-0.2, -0.15) is 0 Å². The molecule has 0 aromatic heterocycles. The number of amides is 1. The lowest BCUT2D eigenvalue weighted by Gasteiger charge is -2.41. The first-order valence-electron chi connectivity index (χ1n) is 7.56. The fraction of sp³-hybridized carbons (Fsp3) is 0.529. The number of benzene rings is 1. The summed E-state index contributed by atoms with van der Waals surface area (Å²) in [7, 11) is 0. The van der Waals surface area contributed by atoms with Crippen molar-refractivity contribution in [3.8, 4) is 0 Å². The Morgan fingerprint density at radius 3 is 2.61 bits per heavy atom. The molecule has 1 aliphatic rings. The Morgan fingerprint density at radius 1 is 1.39 bits per heavy atom. The molecule has 1 fully saturated rings. The van der Waals surface area contributed by atoms with Crippen molar-refractivity contribution in [2.24, 2.45) is 5.41 Å². The monoisotopic (exact) mass is 341 g/mol. The molecule has 1 amide bonds. The maximum atomic E-state index is 14.2. The molecule has 0 saturated carbocycles. The van der Waals surface area contributed by atoms with E-state index >= 15 is 0 Å². The third-order valence-corrected chi connectivity index (χ3v) is 4.87. The lowest BCUT2D eigenvalue weighted by molar-refractivity contribution is -0.154. The summed E-state index contributed by atoms with van der Waals surface area (Å²) in [5, 5.41) is 9.65. The van der Waals surface area contributed by atoms with Gasteiger partial charge >= 0.3 is 5.97 Å². The quantitative estimate of drug-likeness (QED) is 0.915. The Kier molecular flexibility index (Phi) is 4.71. The van der Waals surface area contributed by atoms with Crippen LogP contribution in [-0.4, -0.2) is 35.0 Å². The smallest absolute Gasteiger partial charge is 0.311 e. The largest absolute Gasteiger partial charge is 0.481 e. The first-order chi connectivity index (χ1) is 10.6. The molecule has 2 rings (SSSR count). The van der Waals surface area contributed by atoms with Gasteiger partial charge in [-0.1, -0.05) is 17.7 Å². The van der Waals surface area contributed by atoms with Gasteiger partial charge in [0.2, 0.25) is 5.91 Å². The summed E-state index contributed by atoms with van der Waals surface area (Å²) in [5.41, 5.74) is -1.79. The van der Waals surface area contributed by atoms with Crippen molar-refractivity contribution in [2.45, 2.75) is 39.0 Å². The number of nitrogens with zero attached hydrogens (tertiary/aromatic N) is 1. The summed E-state index contributed by atoms with van der Waals surface area (Å²) >= 11 is 5.77. The average Bonchev–Trinajstić information content (AvgIpc) is 2.45. The second-order valence-corrected chi connectivity index (χ2v) is 7.38. The van der Waals surface area contributed by atoms with Crippen LogP contribution in [-0.2, 0) is 15.0 Å². The van der Waals surface area contributed by atoms with Crippen LogP contribution < -0.4 is 0 Å². The van der Waals surface area contributed by atoms with Gasteiger partial charge in [-0.25, -0.2) is 4.39 Å². The second kappa shape index (κ2) is 6.11. The number of carboxylic acid groups (broad SMARTS) is 1. The molecule has 0 spiro atoms. The lowest BCUT2D eigenvalue weighted by atomic mass is 9.78. The summed E-state index contributed by atoms with van der Waals surface area (Å²) in [5.74, 6) is -1.72. The number of carbonyl (C=O) groups excluding carboxylic acids is 1. The van der Waals surface area contributed by atoms with Gasteiger partial charge in [-0.05, 0) is 45.7 Å². The van der Waals surface area contributed by atoms with Gasteiger partial charge in [0.1, 0.15) is 5.82 Å². The lowest BCUT2D eigenvalue weighted by Crippen LogP contribution is -2.53. The van der Waals surface area contributed by atoms with Crippen LogP contribution in [0.25, 0.3) is 0 Å². The Hall–Kier alpha value is -1.62. The maximum Gasteiger partial charge on any atom is 0.311 e. The molecule has 1 aromatic carbocycles. The van der Waals surface area contributed by atoms with E-state index in [0.717, 1.165) is 0 Å². The Balaban J connectivity index is 2.29. The minimum atomic E-state index is -1.09. The van der Waals surface area contributed by atoms with Gasteiger partial charge in [0.25, 0.3) is 0 Å². The highest BCUT2D eigenvalue weighted by molar-refractivity contribution is 6.30. The first-order valence-corrected chi connectivity index (χ1v) is 7.94. The highest BCUT2D eigenvalue weighted by Gasteiger charge is 2.43. The molecule has 0 bridgehead atoms. The molecule has 1 saturated heterocycles. The number of hydrogen-bond acceptors (Lipinski definition) is 2. The zero-order chi connectivity index (χ0) is 17.4. The molecular weight excluding hydrogens is 321 g/mol. The highest BCUT2D eigenvalue weighted by atomic mass is 35.5. The molecule has 1 heterocycles. The van der Waals surface area contributed by atoms with Gasteiger partial charge in [-0.15, -0.1) is 0 Å². The van der Waals surface area contributed by atoms with E-state index in [1.807, 2.05) is 0 Å². The zero-order valence-corrected chi connectivity index (χ0v) is 14.3. The van der Waals surface area contributed by atoms with Crippen LogP contribution >= 0.6 is 11.6 Å². The summed E-state index contributed by atoms with van der Waals surface area (Å²) in [4.78, 5) is 25.9. The molecule has 0 aliphatic carbocycles. The summed E-state index contributed by atoms with van der Waals surface area (Å²) < 4.78 is 14.2. The van der Waals surface area contributed by atoms with E-state index in [1.54, 1.807) is 26.8 Å². The van der Waals surface area contributed by atoms with E-state index in [4.69, 9.17) is 11.6 Å². The van der Waals surface area contributed by atoms with Crippen molar-refractivity contribution in [1.82, 2.24) is 4.90 Å². The Labute approximate surface area is 140 Å². The minimum Gasteiger partial charge on any atom is -0.481 e. The van der Waals surface area contributed by atoms with Crippen molar-refractivity contribution in [2.75, 3.05) is 13.1 Å². The third kappa shape index (κ3) is 3.34. The molecule has 126 valence electrons. The summed E-state index contributed by atoms with van der Waals surface area (Å²) in [6.45, 7) is 5.56. The van der Waals surface area contributed by atoms with Gasteiger partial charge in [0.15, 0.2) is 0 Å². The topological polar surface area (TPSA) is 57.6 Å². The Bertz CT molecular complexity index is 647. The van der Waals surface area contributed by atoms with Crippen LogP contribution in [0.1, 0.15) is 39.2 Å². The van der Waals surface area contributed by atoms with Crippen molar-refractivity contribution in [3.63, 3.8) is 0 Å². The van der Waals surface area contributed by atoms with Crippen molar-refractivity contribution in [1.29, 1.82) is 0 Å². The number of piperidine rings is 1. The van der Waals surface area contributed by atoms with Gasteiger partial charge in [0, 0.05) is 23.7 Å². The van der Waals surface area contributed by atoms with E-state index in [-0.39, 0.29) is 23.0 Å². The standard InChI is InChI=1S/C17H21ClFNO3/c1-16(2,12-6-5-11(18)9-13(12)19)14(21)20-8-4-7-17(3,10-20)15(22)23/h5-6,9H,4,7-8,10H2,1-3H3,(H,22,23). The average molecular weight is 342 g/mol. The van der Waals surface area contributed by atoms with Crippen LogP contribution in [0.3, 0.4) is 0 Å². The molecule has 1 unspecified atom stereocenters. The molecule has 6 heteroatoms. The van der Waals surface area contributed by atoms with E-state index < -0.39 is 22.6 Å². The van der Waals surface area contributed by atoms with E-state index in [0.29, 0.717) is 19.4 Å². The van der Waals surface area contributed by atoms with Crippen molar-refractivity contribution >= 4 is 23.5 Å². The fourth-order valence-electron chi connectivity index (χ4n) is 3.09. The molecule has 1 aliphatic heterocycles. The molecule has 1 atom stereocenters. The van der Waals surface area contributed by atoms with E-state index in [2.05, 4.69) is 0 Å². The van der Waals surface area contributed by atoms with Crippen LogP contribution in [0, 0.1) is 11.2 Å². The van der Waals surface area contributed by atoms with Crippen LogP contribution in [0.15, 0.2) is 18.2 Å². The zero-order valence-electron chi connectivity index (χ0n) is 13.5. The number of aliphatic carboxylic acids is 1. The maximum absolute atomic E-state index is 14.2. The Morgan fingerprint density at radius 2 is 2.04 bits per heavy atom. The van der Waals surface area contributed by atoms with Gasteiger partial charge in [0.05, 0.1) is 10.8 Å². The normalized spacial score (nSPS) is 22.0. The second-order valence-electron chi connectivity index (χ2n) is 6.95. The molecular formula is C17H21ClFNO3. The summed E-state index contributed by atoms with van der Waals surface area (Å²) in [6, 6.07) is 4.24. The number of halogens is 2. The molecule has 4 nitrogen and oxygen atoms in total. The molecule has 0 radical (unpaired) electrons. The number of hydrogen-bond donors (Lipinski definition) is 1. The highest BCUT2D eigenvalue weighted by Crippen LogP contribution is 2.34. The number of carbonyl (C=O) groups is 2. The first kappa shape index (κ1) is 17.7. The predicted molar refractivity (Wildman–Crippen MR) is 86.0 cm³/mol. The summed E-state index contributed by atoms with van der Waals surface area (Å²) in [6.07, 6.45) is 1.15. The SMILES string of the molecule is CC1(C(=O)O)CCCN(C(=O)C(C)(C)c2ccc(Cl)cc2F)C1. The number of rotatable bonds is 3. The van der Waals surface area contributed by atoms with E-state index in [9.17, 15) is 19.1 Å². The number of carboxylic acids is 1. The third-order valence-electron chi connectivity index (χ3n) is 4.64. The van der Waals surface area contributed by atoms with E-state index in [1.165, 1.54) is 17.0 Å². The molecule has 1 N–H and O–H groups in total. The number of likely N-dealkylation sites (tertiary alicyclic amines) is 1. The van der Waals surface area contributed by atoms with Crippen molar-refractivity contribution < 1.29 is 19.1 Å². The van der Waals surface area contributed by atoms with Crippen LogP contribution in [0.2, 0.25) is 5.02 Å². The van der Waals surface area contributed by atoms with Crippen LogP contribution in [0.5, 0.6) is 0 Å². The molecule has 1 aromatic rings. The van der Waals surface area contributed by atoms with Gasteiger partial charge < -0.3 is 10.0 Å². The predicted octanol–water partition coefficient (Wildman–Crippen LogP) is 3.47. The van der Waals surface area contributed by atoms with Crippen LogP contribution in [0.4, 0.5) is 4.39 Å². The minimum absolute atomic E-state index is 0.139. The van der Waals surface area contributed by atoms with Crippen molar-refractivity contribution in [3.05, 3.63) is 34.6 Å².